The molecule has 1 saturated carbocycles. The molecule has 2 aromatic rings. The van der Waals surface area contributed by atoms with Gasteiger partial charge < -0.3 is 15.2 Å². The van der Waals surface area contributed by atoms with Gasteiger partial charge in [-0.25, -0.2) is 0 Å². The van der Waals surface area contributed by atoms with Gasteiger partial charge in [0.05, 0.1) is 6.42 Å². The molecule has 2 amide bonds. The number of fused-ring (bicyclic) bond motifs is 1. The molecule has 1 unspecified atom stereocenters. The molecule has 1 heterocycles. The number of hydrogen-bond acceptors (Lipinski definition) is 2. The molecule has 0 aliphatic heterocycles. The molecule has 0 radical (unpaired) electrons. The second-order valence-corrected chi connectivity index (χ2v) is 7.71. The standard InChI is InChI=1S/C21H28ClN3O2/c1-25-17(11-16-9-5-6-10-19(16)25)12-20(26)24-18(14-23-21(27)13-22)15-7-3-2-4-8-15/h5-6,9-11,15,18H,2-4,7-8,12-14H2,1H3,(H,23,27)(H,24,26). The minimum Gasteiger partial charge on any atom is -0.353 e. The van der Waals surface area contributed by atoms with Gasteiger partial charge in [-0.15, -0.1) is 11.6 Å². The van der Waals surface area contributed by atoms with Crippen molar-refractivity contribution in [2.75, 3.05) is 12.4 Å². The number of nitrogens with one attached hydrogen (secondary N) is 2. The maximum Gasteiger partial charge on any atom is 0.234 e. The van der Waals surface area contributed by atoms with Crippen LogP contribution in [0.2, 0.25) is 0 Å². The number of rotatable bonds is 7. The number of amides is 2. The lowest BCUT2D eigenvalue weighted by molar-refractivity contribution is -0.123. The Morgan fingerprint density at radius 1 is 1.19 bits per heavy atom. The van der Waals surface area contributed by atoms with Crippen LogP contribution in [0.25, 0.3) is 10.9 Å². The molecule has 3 rings (SSSR count). The molecule has 146 valence electrons. The highest BCUT2D eigenvalue weighted by molar-refractivity contribution is 6.27. The Labute approximate surface area is 165 Å². The first-order valence-electron chi connectivity index (χ1n) is 9.74. The van der Waals surface area contributed by atoms with Crippen LogP contribution in [0.4, 0.5) is 0 Å². The van der Waals surface area contributed by atoms with Crippen LogP contribution in [-0.4, -0.2) is 34.8 Å². The van der Waals surface area contributed by atoms with E-state index in [4.69, 9.17) is 11.6 Å². The van der Waals surface area contributed by atoms with E-state index >= 15 is 0 Å². The molecule has 6 heteroatoms. The lowest BCUT2D eigenvalue weighted by Gasteiger charge is -2.31. The maximum absolute atomic E-state index is 12.7. The van der Waals surface area contributed by atoms with E-state index in [9.17, 15) is 9.59 Å². The molecule has 1 atom stereocenters. The van der Waals surface area contributed by atoms with E-state index in [0.717, 1.165) is 29.4 Å². The molecule has 2 N–H and O–H groups in total. The van der Waals surface area contributed by atoms with Crippen LogP contribution in [0.1, 0.15) is 37.8 Å². The first-order valence-corrected chi connectivity index (χ1v) is 10.3. The van der Waals surface area contributed by atoms with Crippen molar-refractivity contribution >= 4 is 34.3 Å². The minimum absolute atomic E-state index is 0.00315. The summed E-state index contributed by atoms with van der Waals surface area (Å²) in [6.45, 7) is 0.442. The number of carbonyl (C=O) groups excluding carboxylic acids is 2. The Balaban J connectivity index is 1.66. The number of benzene rings is 1. The largest absolute Gasteiger partial charge is 0.353 e. The zero-order valence-corrected chi connectivity index (χ0v) is 16.6. The number of halogens is 1. The number of hydrogen-bond donors (Lipinski definition) is 2. The predicted octanol–water partition coefficient (Wildman–Crippen LogP) is 3.14. The van der Waals surface area contributed by atoms with Crippen LogP contribution in [0.5, 0.6) is 0 Å². The smallest absolute Gasteiger partial charge is 0.234 e. The highest BCUT2D eigenvalue weighted by Gasteiger charge is 2.25. The molecule has 27 heavy (non-hydrogen) atoms. The molecule has 5 nitrogen and oxygen atoms in total. The summed E-state index contributed by atoms with van der Waals surface area (Å²) in [5.74, 6) is 0.157. The number of nitrogens with zero attached hydrogens (tertiary/aromatic N) is 1. The molecule has 1 aliphatic carbocycles. The number of para-hydroxylation sites is 1. The average molecular weight is 390 g/mol. The van der Waals surface area contributed by atoms with Gasteiger partial charge in [-0.05, 0) is 36.3 Å². The minimum atomic E-state index is -0.194. The van der Waals surface area contributed by atoms with Crippen LogP contribution in [-0.2, 0) is 23.1 Å². The van der Waals surface area contributed by atoms with Crippen molar-refractivity contribution in [1.29, 1.82) is 0 Å². The summed E-state index contributed by atoms with van der Waals surface area (Å²) in [5.41, 5.74) is 2.11. The van der Waals surface area contributed by atoms with Gasteiger partial charge in [-0.2, -0.15) is 0 Å². The van der Waals surface area contributed by atoms with Crippen molar-refractivity contribution in [3.8, 4) is 0 Å². The van der Waals surface area contributed by atoms with Gasteiger partial charge in [0, 0.05) is 30.8 Å². The van der Waals surface area contributed by atoms with Gasteiger partial charge >= 0.3 is 0 Å². The molecular formula is C21H28ClN3O2. The lowest BCUT2D eigenvalue weighted by Crippen LogP contribution is -2.49. The fraction of sp³-hybridized carbons (Fsp3) is 0.524. The zero-order chi connectivity index (χ0) is 19.2. The van der Waals surface area contributed by atoms with Crippen molar-refractivity contribution in [3.05, 3.63) is 36.0 Å². The Morgan fingerprint density at radius 2 is 1.93 bits per heavy atom. The Kier molecular flexibility index (Phi) is 6.78. The van der Waals surface area contributed by atoms with Crippen LogP contribution < -0.4 is 10.6 Å². The Morgan fingerprint density at radius 3 is 2.63 bits per heavy atom. The van der Waals surface area contributed by atoms with Crippen LogP contribution in [0.15, 0.2) is 30.3 Å². The summed E-state index contributed by atoms with van der Waals surface area (Å²) < 4.78 is 2.07. The summed E-state index contributed by atoms with van der Waals surface area (Å²) in [7, 11) is 1.99. The summed E-state index contributed by atoms with van der Waals surface area (Å²) in [4.78, 5) is 24.3. The van der Waals surface area contributed by atoms with Crippen LogP contribution in [0, 0.1) is 5.92 Å². The number of carbonyl (C=O) groups is 2. The molecule has 1 fully saturated rings. The Hall–Kier alpha value is -2.01. The summed E-state index contributed by atoms with van der Waals surface area (Å²) in [5, 5.41) is 7.16. The topological polar surface area (TPSA) is 63.1 Å². The second kappa shape index (κ2) is 9.27. The van der Waals surface area contributed by atoms with Crippen molar-refractivity contribution in [2.45, 2.75) is 44.6 Å². The SMILES string of the molecule is Cn1c(CC(=O)NC(CNC(=O)CCl)C2CCCCC2)cc2ccccc21. The molecule has 1 aliphatic rings. The molecule has 0 spiro atoms. The Bertz CT molecular complexity index is 796. The maximum atomic E-state index is 12.7. The summed E-state index contributed by atoms with van der Waals surface area (Å²) in [6, 6.07) is 10.2. The van der Waals surface area contributed by atoms with Crippen LogP contribution >= 0.6 is 11.6 Å². The molecular weight excluding hydrogens is 362 g/mol. The van der Waals surface area contributed by atoms with Gasteiger partial charge in [0.2, 0.25) is 11.8 Å². The van der Waals surface area contributed by atoms with E-state index in [1.54, 1.807) is 0 Å². The highest BCUT2D eigenvalue weighted by atomic mass is 35.5. The lowest BCUT2D eigenvalue weighted by atomic mass is 9.83. The number of alkyl halides is 1. The predicted molar refractivity (Wildman–Crippen MR) is 109 cm³/mol. The highest BCUT2D eigenvalue weighted by Crippen LogP contribution is 2.26. The first-order chi connectivity index (χ1) is 13.1. The van der Waals surface area contributed by atoms with Crippen molar-refractivity contribution < 1.29 is 9.59 Å². The fourth-order valence-electron chi connectivity index (χ4n) is 4.08. The van der Waals surface area contributed by atoms with E-state index in [-0.39, 0.29) is 23.7 Å². The number of aryl methyl sites for hydroxylation is 1. The third-order valence-electron chi connectivity index (χ3n) is 5.60. The fourth-order valence-corrected chi connectivity index (χ4v) is 4.18. The molecule has 1 aromatic carbocycles. The third-order valence-corrected chi connectivity index (χ3v) is 5.84. The second-order valence-electron chi connectivity index (χ2n) is 7.44. The van der Waals surface area contributed by atoms with E-state index in [1.807, 2.05) is 19.2 Å². The molecule has 0 bridgehead atoms. The van der Waals surface area contributed by atoms with Crippen molar-refractivity contribution in [1.82, 2.24) is 15.2 Å². The monoisotopic (exact) mass is 389 g/mol. The van der Waals surface area contributed by atoms with E-state index in [0.29, 0.717) is 18.9 Å². The van der Waals surface area contributed by atoms with Crippen molar-refractivity contribution in [2.24, 2.45) is 13.0 Å². The van der Waals surface area contributed by atoms with Gasteiger partial charge in [-0.1, -0.05) is 37.5 Å². The van der Waals surface area contributed by atoms with Gasteiger partial charge in [-0.3, -0.25) is 9.59 Å². The van der Waals surface area contributed by atoms with Gasteiger partial charge in [0.1, 0.15) is 5.88 Å². The summed E-state index contributed by atoms with van der Waals surface area (Å²) >= 11 is 5.59. The quantitative estimate of drug-likeness (QED) is 0.714. The number of aromatic nitrogens is 1. The van der Waals surface area contributed by atoms with Gasteiger partial charge in [0.25, 0.3) is 0 Å². The third kappa shape index (κ3) is 5.04. The van der Waals surface area contributed by atoms with E-state index in [2.05, 4.69) is 33.4 Å². The molecule has 0 saturated heterocycles. The van der Waals surface area contributed by atoms with Crippen molar-refractivity contribution in [3.63, 3.8) is 0 Å². The van der Waals surface area contributed by atoms with Crippen LogP contribution in [0.3, 0.4) is 0 Å². The van der Waals surface area contributed by atoms with E-state index < -0.39 is 0 Å². The normalized spacial score (nSPS) is 16.2. The van der Waals surface area contributed by atoms with E-state index in [1.165, 1.54) is 19.3 Å². The molecule has 1 aromatic heterocycles. The zero-order valence-electron chi connectivity index (χ0n) is 15.8. The average Bonchev–Trinajstić information content (AvgIpc) is 3.01. The first kappa shape index (κ1) is 19.7. The van der Waals surface area contributed by atoms with Gasteiger partial charge in [0.15, 0.2) is 0 Å². The summed E-state index contributed by atoms with van der Waals surface area (Å²) in [6.07, 6.45) is 6.14.